The number of hydrogen-bond donors (Lipinski definition) is 0. The number of nitrogens with zero attached hydrogens (tertiary/aromatic N) is 3. The molecule has 0 bridgehead atoms. The van der Waals surface area contributed by atoms with E-state index in [9.17, 15) is 0 Å². The maximum Gasteiger partial charge on any atom is 0.0629 e. The Kier molecular flexibility index (Phi) is 9.36. The second-order valence-corrected chi connectivity index (χ2v) is 17.9. The lowest BCUT2D eigenvalue weighted by Crippen LogP contribution is -2.38. The summed E-state index contributed by atoms with van der Waals surface area (Å²) in [7, 11) is 2.31. The molecule has 12 rings (SSSR count). The molecule has 0 saturated heterocycles. The van der Waals surface area contributed by atoms with Crippen molar-refractivity contribution in [2.45, 2.75) is 49.7 Å². The number of allylic oxidation sites excluding steroid dienone is 10. The van der Waals surface area contributed by atoms with E-state index in [2.05, 4.69) is 234 Å². The summed E-state index contributed by atoms with van der Waals surface area (Å²) < 4.78 is 2.60. The standard InChI is InChI=1S/C60H51N3/c1-61-58(42-21-7-3-8-22-42)39-45(41-19-5-2-6-20-41)40-59(61)50-28-12-11-27-48(50)44-35-36-57-54(38-44)52-30-14-15-33-55(52)62(57)47-26-17-23-43(37-47)49-31-18-32-53-51-29-13-16-34-56(51)63(60(49)53)46-24-9-4-10-25-46/h2-7,9-20,23-25,27-40,42,47,51,56,58H,8,21-22,26H2,1H3. The Hall–Kier alpha value is -7.10. The van der Waals surface area contributed by atoms with E-state index in [1.807, 2.05) is 0 Å². The maximum absolute atomic E-state index is 2.60. The number of anilines is 2. The van der Waals surface area contributed by atoms with Gasteiger partial charge in [0.25, 0.3) is 0 Å². The van der Waals surface area contributed by atoms with E-state index >= 15 is 0 Å². The Morgan fingerprint density at radius 1 is 0.556 bits per heavy atom. The second kappa shape index (κ2) is 15.7. The lowest BCUT2D eigenvalue weighted by Gasteiger charge is -2.40. The van der Waals surface area contributed by atoms with Crippen molar-refractivity contribution in [2.75, 3.05) is 11.9 Å². The molecule has 5 aliphatic rings. The molecule has 0 spiro atoms. The van der Waals surface area contributed by atoms with Crippen molar-refractivity contribution in [3.05, 3.63) is 235 Å². The lowest BCUT2D eigenvalue weighted by molar-refractivity contribution is 0.276. The molecule has 3 aliphatic carbocycles. The largest absolute Gasteiger partial charge is 0.367 e. The third kappa shape index (κ3) is 6.40. The van der Waals surface area contributed by atoms with Crippen molar-refractivity contribution in [1.29, 1.82) is 0 Å². The number of para-hydroxylation sites is 3. The molecule has 0 radical (unpaired) electrons. The second-order valence-electron chi connectivity index (χ2n) is 17.9. The van der Waals surface area contributed by atoms with E-state index in [1.54, 1.807) is 0 Å². The first kappa shape index (κ1) is 37.6. The molecule has 0 saturated carbocycles. The van der Waals surface area contributed by atoms with Crippen molar-refractivity contribution in [3.63, 3.8) is 0 Å². The molecular formula is C60H51N3. The van der Waals surface area contributed by atoms with Crippen LogP contribution < -0.4 is 4.90 Å². The molecule has 3 heteroatoms. The molecule has 2 aliphatic heterocycles. The van der Waals surface area contributed by atoms with Gasteiger partial charge in [-0.25, -0.2) is 0 Å². The van der Waals surface area contributed by atoms with Crippen molar-refractivity contribution in [2.24, 2.45) is 5.92 Å². The monoisotopic (exact) mass is 813 g/mol. The minimum Gasteiger partial charge on any atom is -0.367 e. The molecule has 3 heterocycles. The van der Waals surface area contributed by atoms with Crippen LogP contribution in [0.1, 0.15) is 59.9 Å². The van der Waals surface area contributed by atoms with Crippen LogP contribution in [-0.2, 0) is 0 Å². The van der Waals surface area contributed by atoms with Crippen molar-refractivity contribution in [3.8, 4) is 11.1 Å². The third-order valence-electron chi connectivity index (χ3n) is 14.4. The minimum atomic E-state index is 0.158. The van der Waals surface area contributed by atoms with E-state index < -0.39 is 0 Å². The van der Waals surface area contributed by atoms with Crippen LogP contribution in [0.25, 0.3) is 49.8 Å². The van der Waals surface area contributed by atoms with Gasteiger partial charge in [0.2, 0.25) is 0 Å². The Balaban J connectivity index is 0.955. The number of likely N-dealkylation sites (N-methyl/N-ethyl adjacent to an activating group) is 1. The SMILES string of the molecule is CN1C(c2ccccc2-c2ccc3c(c2)c2ccccc2n3C2C=C(c3cccc4c3N(c3ccccc3)C3C=CC=CC43)C=CC2)=CC(c2ccccc2)=CC1C1CC=CCC1. The van der Waals surface area contributed by atoms with Crippen LogP contribution in [-0.4, -0.2) is 28.6 Å². The summed E-state index contributed by atoms with van der Waals surface area (Å²) in [4.78, 5) is 5.13. The Labute approximate surface area is 371 Å². The molecule has 306 valence electrons. The molecule has 63 heavy (non-hydrogen) atoms. The van der Waals surface area contributed by atoms with Crippen molar-refractivity contribution in [1.82, 2.24) is 9.47 Å². The van der Waals surface area contributed by atoms with E-state index in [0.717, 1.165) is 19.3 Å². The molecule has 0 fully saturated rings. The summed E-state index contributed by atoms with van der Waals surface area (Å²) in [5.41, 5.74) is 16.7. The molecule has 1 aromatic heterocycles. The number of fused-ring (bicyclic) bond motifs is 6. The molecule has 0 amide bonds. The third-order valence-corrected chi connectivity index (χ3v) is 14.4. The predicted octanol–water partition coefficient (Wildman–Crippen LogP) is 14.9. The highest BCUT2D eigenvalue weighted by molar-refractivity contribution is 6.10. The average molecular weight is 814 g/mol. The highest BCUT2D eigenvalue weighted by atomic mass is 15.2. The Morgan fingerprint density at radius 3 is 2.17 bits per heavy atom. The van der Waals surface area contributed by atoms with Gasteiger partial charge in [-0.15, -0.1) is 0 Å². The summed E-state index contributed by atoms with van der Waals surface area (Å²) in [6.07, 6.45) is 30.6. The normalized spacial score (nSPS) is 22.6. The number of aromatic nitrogens is 1. The molecule has 7 aromatic rings. The quantitative estimate of drug-likeness (QED) is 0.149. The van der Waals surface area contributed by atoms with Crippen LogP contribution in [0, 0.1) is 5.92 Å². The van der Waals surface area contributed by atoms with Gasteiger partial charge in [0, 0.05) is 57.3 Å². The first-order valence-electron chi connectivity index (χ1n) is 22.9. The molecule has 6 aromatic carbocycles. The average Bonchev–Trinajstić information content (AvgIpc) is 3.88. The van der Waals surface area contributed by atoms with Crippen LogP contribution in [0.2, 0.25) is 0 Å². The van der Waals surface area contributed by atoms with Gasteiger partial charge in [-0.3, -0.25) is 0 Å². The minimum absolute atomic E-state index is 0.158. The van der Waals surface area contributed by atoms with Gasteiger partial charge in [-0.1, -0.05) is 176 Å². The molecule has 5 atom stereocenters. The maximum atomic E-state index is 2.60. The van der Waals surface area contributed by atoms with E-state index in [-0.39, 0.29) is 12.1 Å². The highest BCUT2D eigenvalue weighted by Crippen LogP contribution is 2.52. The molecular weight excluding hydrogens is 763 g/mol. The summed E-state index contributed by atoms with van der Waals surface area (Å²) in [5, 5.41) is 2.59. The fraction of sp³-hybridized carbons (Fsp3) is 0.167. The number of rotatable bonds is 7. The van der Waals surface area contributed by atoms with Gasteiger partial charge in [-0.05, 0) is 101 Å². The summed E-state index contributed by atoms with van der Waals surface area (Å²) in [6.45, 7) is 0. The number of hydrogen-bond acceptors (Lipinski definition) is 2. The highest BCUT2D eigenvalue weighted by Gasteiger charge is 2.39. The predicted molar refractivity (Wildman–Crippen MR) is 266 cm³/mol. The van der Waals surface area contributed by atoms with Crippen molar-refractivity contribution < 1.29 is 0 Å². The van der Waals surface area contributed by atoms with Crippen LogP contribution in [0.15, 0.2) is 212 Å². The zero-order valence-corrected chi connectivity index (χ0v) is 35.8. The Morgan fingerprint density at radius 2 is 1.32 bits per heavy atom. The fourth-order valence-electron chi connectivity index (χ4n) is 11.4. The van der Waals surface area contributed by atoms with Crippen LogP contribution in [0.4, 0.5) is 11.4 Å². The van der Waals surface area contributed by atoms with Crippen LogP contribution in [0.3, 0.4) is 0 Å². The summed E-state index contributed by atoms with van der Waals surface area (Å²) >= 11 is 0. The van der Waals surface area contributed by atoms with Gasteiger partial charge < -0.3 is 14.4 Å². The first-order chi connectivity index (χ1) is 31.2. The smallest absolute Gasteiger partial charge is 0.0629 e. The molecule has 3 nitrogen and oxygen atoms in total. The first-order valence-corrected chi connectivity index (χ1v) is 22.9. The van der Waals surface area contributed by atoms with E-state index in [1.165, 1.54) is 89.8 Å². The lowest BCUT2D eigenvalue weighted by atomic mass is 9.82. The summed E-state index contributed by atoms with van der Waals surface area (Å²) in [5.74, 6) is 0.893. The van der Waals surface area contributed by atoms with E-state index in [0.29, 0.717) is 17.9 Å². The van der Waals surface area contributed by atoms with Gasteiger partial charge in [0.05, 0.1) is 23.8 Å². The molecule has 0 N–H and O–H groups in total. The number of benzene rings is 6. The molecule has 5 unspecified atom stereocenters. The fourth-order valence-corrected chi connectivity index (χ4v) is 11.4. The zero-order chi connectivity index (χ0) is 41.9. The zero-order valence-electron chi connectivity index (χ0n) is 35.8. The van der Waals surface area contributed by atoms with Gasteiger partial charge in [-0.2, -0.15) is 0 Å². The van der Waals surface area contributed by atoms with E-state index in [4.69, 9.17) is 0 Å². The van der Waals surface area contributed by atoms with Gasteiger partial charge >= 0.3 is 0 Å². The van der Waals surface area contributed by atoms with Crippen LogP contribution in [0.5, 0.6) is 0 Å². The van der Waals surface area contributed by atoms with Gasteiger partial charge in [0.1, 0.15) is 0 Å². The Bertz CT molecular complexity index is 3120. The summed E-state index contributed by atoms with van der Waals surface area (Å²) in [6, 6.07) is 54.8. The van der Waals surface area contributed by atoms with Crippen LogP contribution >= 0.6 is 0 Å². The topological polar surface area (TPSA) is 11.4 Å². The van der Waals surface area contributed by atoms with Gasteiger partial charge in [0.15, 0.2) is 0 Å². The van der Waals surface area contributed by atoms with Crippen molar-refractivity contribution >= 4 is 50.0 Å².